The maximum Gasteiger partial charge on any atom is 0.232 e. The maximum absolute atomic E-state index is 14.4. The lowest BCUT2D eigenvalue weighted by atomic mass is 9.92. The Hall–Kier alpha value is -4.07. The zero-order chi connectivity index (χ0) is 23.1. The average molecular weight is 449 g/mol. The number of benzene rings is 3. The molecule has 1 aromatic heterocycles. The number of carbonyl (C=O) groups is 1. The number of aromatic nitrogens is 1. The van der Waals surface area contributed by atoms with E-state index in [9.17, 15) is 18.0 Å². The molecule has 5 rings (SSSR count). The number of para-hydroxylation sites is 2. The smallest absolute Gasteiger partial charge is 0.232 e. The molecule has 1 unspecified atom stereocenters. The van der Waals surface area contributed by atoms with Crippen molar-refractivity contribution < 1.29 is 22.7 Å². The van der Waals surface area contributed by atoms with Gasteiger partial charge in [0.25, 0.3) is 0 Å². The van der Waals surface area contributed by atoms with Crippen LogP contribution in [0.4, 0.5) is 24.5 Å². The highest BCUT2D eigenvalue weighted by Crippen LogP contribution is 2.37. The molecule has 8 heteroatoms. The van der Waals surface area contributed by atoms with E-state index in [1.807, 2.05) is 24.3 Å². The van der Waals surface area contributed by atoms with E-state index in [1.54, 1.807) is 12.1 Å². The maximum atomic E-state index is 14.4. The van der Waals surface area contributed by atoms with Crippen LogP contribution in [0.2, 0.25) is 0 Å². The topological polar surface area (TPSA) is 77.2 Å². The van der Waals surface area contributed by atoms with E-state index in [4.69, 9.17) is 10.5 Å². The highest BCUT2D eigenvalue weighted by molar-refractivity contribution is 6.07. The number of hydrogen-bond acceptors (Lipinski definition) is 4. The van der Waals surface area contributed by atoms with Crippen LogP contribution in [0.3, 0.4) is 0 Å². The average Bonchev–Trinajstić information content (AvgIpc) is 2.82. The first-order chi connectivity index (χ1) is 15.9. The van der Waals surface area contributed by atoms with Gasteiger partial charge in [0.2, 0.25) is 5.91 Å². The van der Waals surface area contributed by atoms with Crippen LogP contribution >= 0.6 is 0 Å². The van der Waals surface area contributed by atoms with Gasteiger partial charge in [0.15, 0.2) is 11.6 Å². The number of carbonyl (C=O) groups excluding carboxylic acids is 1. The number of halogens is 3. The Balaban J connectivity index is 1.52. The Kier molecular flexibility index (Phi) is 5.12. The van der Waals surface area contributed by atoms with Crippen molar-refractivity contribution in [3.8, 4) is 16.9 Å². The van der Waals surface area contributed by atoms with Crippen molar-refractivity contribution in [2.45, 2.75) is 12.3 Å². The second-order valence-corrected chi connectivity index (χ2v) is 7.75. The fourth-order valence-corrected chi connectivity index (χ4v) is 4.15. The first-order valence-electron chi connectivity index (χ1n) is 10.3. The zero-order valence-corrected chi connectivity index (χ0v) is 17.2. The molecule has 1 aliphatic rings. The van der Waals surface area contributed by atoms with E-state index >= 15 is 0 Å². The van der Waals surface area contributed by atoms with Gasteiger partial charge in [-0.25, -0.2) is 13.2 Å². The number of ether oxygens (including phenoxy) is 1. The van der Waals surface area contributed by atoms with Crippen LogP contribution < -0.4 is 15.8 Å². The van der Waals surface area contributed by atoms with Crippen LogP contribution in [-0.4, -0.2) is 17.5 Å². The monoisotopic (exact) mass is 449 g/mol. The predicted octanol–water partition coefficient (Wildman–Crippen LogP) is 5.41. The fraction of sp³-hybridized carbons (Fsp3) is 0.120. The van der Waals surface area contributed by atoms with E-state index in [0.29, 0.717) is 35.9 Å². The van der Waals surface area contributed by atoms with Gasteiger partial charge in [0.05, 0.1) is 35.6 Å². The van der Waals surface area contributed by atoms with Crippen LogP contribution in [0, 0.1) is 17.5 Å². The standard InChI is InChI=1S/C25H18F3N3O2/c26-13-10-18(22(28)19(27)11-13)15-5-3-6-17-23(29)20(12-30-24(15)17)31-25(32)16-8-9-33-21-7-2-1-4-14(16)21/h1-7,10-12,16H,8-9H2,(H2,29,30)(H,31,32). The molecule has 0 aliphatic carbocycles. The number of hydrogen-bond donors (Lipinski definition) is 2. The highest BCUT2D eigenvalue weighted by Gasteiger charge is 2.28. The molecule has 1 aliphatic heterocycles. The molecule has 166 valence electrons. The van der Waals surface area contributed by atoms with Crippen LogP contribution in [0.25, 0.3) is 22.0 Å². The van der Waals surface area contributed by atoms with Crippen molar-refractivity contribution in [3.05, 3.63) is 83.8 Å². The van der Waals surface area contributed by atoms with Gasteiger partial charge in [-0.2, -0.15) is 0 Å². The number of pyridine rings is 1. The second-order valence-electron chi connectivity index (χ2n) is 7.75. The van der Waals surface area contributed by atoms with E-state index < -0.39 is 23.4 Å². The number of fused-ring (bicyclic) bond motifs is 2. The minimum absolute atomic E-state index is 0.186. The van der Waals surface area contributed by atoms with Gasteiger partial charge in [-0.1, -0.05) is 36.4 Å². The van der Waals surface area contributed by atoms with Crippen LogP contribution in [0.5, 0.6) is 5.75 Å². The van der Waals surface area contributed by atoms with Gasteiger partial charge >= 0.3 is 0 Å². The molecule has 3 N–H and O–H groups in total. The van der Waals surface area contributed by atoms with Crippen molar-refractivity contribution in [2.75, 3.05) is 17.7 Å². The third kappa shape index (κ3) is 3.63. The van der Waals surface area contributed by atoms with Gasteiger partial charge < -0.3 is 15.8 Å². The molecule has 0 saturated heterocycles. The fourth-order valence-electron chi connectivity index (χ4n) is 4.15. The molecule has 2 heterocycles. The Morgan fingerprint density at radius 3 is 2.73 bits per heavy atom. The van der Waals surface area contributed by atoms with Crippen LogP contribution in [-0.2, 0) is 4.79 Å². The Labute approximate surface area is 187 Å². The first-order valence-corrected chi connectivity index (χ1v) is 10.3. The van der Waals surface area contributed by atoms with Crippen molar-refractivity contribution in [1.29, 1.82) is 0 Å². The lowest BCUT2D eigenvalue weighted by Crippen LogP contribution is -2.26. The summed E-state index contributed by atoms with van der Waals surface area (Å²) in [5.41, 5.74) is 7.79. The normalized spacial score (nSPS) is 15.1. The predicted molar refractivity (Wildman–Crippen MR) is 119 cm³/mol. The molecule has 5 nitrogen and oxygen atoms in total. The van der Waals surface area contributed by atoms with Gasteiger partial charge in [-0.15, -0.1) is 0 Å². The molecular weight excluding hydrogens is 431 g/mol. The van der Waals surface area contributed by atoms with Crippen molar-refractivity contribution >= 4 is 28.2 Å². The Morgan fingerprint density at radius 2 is 1.88 bits per heavy atom. The molecule has 33 heavy (non-hydrogen) atoms. The SMILES string of the molecule is Nc1c(NC(=O)C2CCOc3ccccc32)cnc2c(-c3cc(F)cc(F)c3F)cccc12. The van der Waals surface area contributed by atoms with Gasteiger partial charge in [-0.05, 0) is 18.6 Å². The number of nitrogens with two attached hydrogens (primary N) is 1. The summed E-state index contributed by atoms with van der Waals surface area (Å²) in [4.78, 5) is 17.4. The van der Waals surface area contributed by atoms with Crippen LogP contribution in [0.15, 0.2) is 60.8 Å². The largest absolute Gasteiger partial charge is 0.493 e. The third-order valence-electron chi connectivity index (χ3n) is 5.76. The molecule has 1 atom stereocenters. The molecule has 3 aromatic carbocycles. The highest BCUT2D eigenvalue weighted by atomic mass is 19.2. The van der Waals surface area contributed by atoms with Crippen molar-refractivity contribution in [3.63, 3.8) is 0 Å². The summed E-state index contributed by atoms with van der Waals surface area (Å²) >= 11 is 0. The summed E-state index contributed by atoms with van der Waals surface area (Å²) in [7, 11) is 0. The number of nitrogens with one attached hydrogen (secondary N) is 1. The number of amides is 1. The zero-order valence-electron chi connectivity index (χ0n) is 17.2. The second kappa shape index (κ2) is 8.12. The first kappa shape index (κ1) is 20.8. The molecular formula is C25H18F3N3O2. The van der Waals surface area contributed by atoms with E-state index in [1.165, 1.54) is 12.3 Å². The molecule has 0 radical (unpaired) electrons. The molecule has 0 saturated carbocycles. The molecule has 1 amide bonds. The number of nitrogen functional groups attached to an aromatic ring is 1. The van der Waals surface area contributed by atoms with E-state index in [0.717, 1.165) is 11.6 Å². The minimum Gasteiger partial charge on any atom is -0.493 e. The summed E-state index contributed by atoms with van der Waals surface area (Å²) in [5.74, 6) is -3.39. The molecule has 0 fully saturated rings. The van der Waals surface area contributed by atoms with Gasteiger partial charge in [-0.3, -0.25) is 9.78 Å². The Bertz CT molecular complexity index is 1410. The number of nitrogens with zero attached hydrogens (tertiary/aromatic N) is 1. The van der Waals surface area contributed by atoms with E-state index in [2.05, 4.69) is 10.3 Å². The summed E-state index contributed by atoms with van der Waals surface area (Å²) in [5, 5.41) is 3.24. The summed E-state index contributed by atoms with van der Waals surface area (Å²) in [6, 6.07) is 13.5. The van der Waals surface area contributed by atoms with Gasteiger partial charge in [0, 0.05) is 28.1 Å². The molecule has 4 aromatic rings. The van der Waals surface area contributed by atoms with Crippen molar-refractivity contribution in [2.24, 2.45) is 0 Å². The van der Waals surface area contributed by atoms with Crippen molar-refractivity contribution in [1.82, 2.24) is 4.98 Å². The summed E-state index contributed by atoms with van der Waals surface area (Å²) in [6.07, 6.45) is 1.87. The van der Waals surface area contributed by atoms with Gasteiger partial charge in [0.1, 0.15) is 11.6 Å². The van der Waals surface area contributed by atoms with Crippen LogP contribution in [0.1, 0.15) is 17.9 Å². The summed E-state index contributed by atoms with van der Waals surface area (Å²) in [6.45, 7) is 0.416. The lowest BCUT2D eigenvalue weighted by Gasteiger charge is -2.25. The molecule has 0 bridgehead atoms. The quantitative estimate of drug-likeness (QED) is 0.410. The third-order valence-corrected chi connectivity index (χ3v) is 5.76. The van der Waals surface area contributed by atoms with E-state index in [-0.39, 0.29) is 28.2 Å². The molecule has 0 spiro atoms. The lowest BCUT2D eigenvalue weighted by molar-refractivity contribution is -0.118. The Morgan fingerprint density at radius 1 is 1.06 bits per heavy atom. The minimum atomic E-state index is -1.30. The number of anilines is 2. The summed E-state index contributed by atoms with van der Waals surface area (Å²) < 4.78 is 47.6. The number of rotatable bonds is 3.